The van der Waals surface area contributed by atoms with Crippen molar-refractivity contribution in [3.8, 4) is 22.8 Å². The van der Waals surface area contributed by atoms with E-state index in [2.05, 4.69) is 70.2 Å². The van der Waals surface area contributed by atoms with Crippen LogP contribution in [0.3, 0.4) is 0 Å². The largest absolute Gasteiger partial charge is 0.496 e. The molecule has 0 atom stereocenters. The number of aryl methyl sites for hydroxylation is 1. The van der Waals surface area contributed by atoms with E-state index < -0.39 is 0 Å². The van der Waals surface area contributed by atoms with E-state index in [1.54, 1.807) is 18.9 Å². The first kappa shape index (κ1) is 20.0. The SMILES string of the molecule is COc1ccccc1-c1nnc(SC/C=C/c2ccccc2)n1-c1ccc(C)cc1. The lowest BCUT2D eigenvalue weighted by Gasteiger charge is -2.12. The van der Waals surface area contributed by atoms with Crippen LogP contribution in [0.1, 0.15) is 11.1 Å². The van der Waals surface area contributed by atoms with Crippen LogP contribution in [0.5, 0.6) is 5.75 Å². The van der Waals surface area contributed by atoms with Gasteiger partial charge in [0.15, 0.2) is 11.0 Å². The molecular weight excluding hydrogens is 390 g/mol. The van der Waals surface area contributed by atoms with E-state index in [1.807, 2.05) is 42.5 Å². The van der Waals surface area contributed by atoms with Crippen LogP contribution in [0.4, 0.5) is 0 Å². The second kappa shape index (κ2) is 9.46. The Morgan fingerprint density at radius 3 is 2.40 bits per heavy atom. The summed E-state index contributed by atoms with van der Waals surface area (Å²) in [5.41, 5.74) is 4.35. The van der Waals surface area contributed by atoms with Crippen LogP contribution in [0, 0.1) is 6.92 Å². The Balaban J connectivity index is 1.67. The molecule has 4 nitrogen and oxygen atoms in total. The summed E-state index contributed by atoms with van der Waals surface area (Å²) in [6.45, 7) is 2.08. The van der Waals surface area contributed by atoms with Crippen LogP contribution in [0.2, 0.25) is 0 Å². The topological polar surface area (TPSA) is 39.9 Å². The molecule has 0 radical (unpaired) electrons. The van der Waals surface area contributed by atoms with Crippen LogP contribution in [-0.2, 0) is 0 Å². The van der Waals surface area contributed by atoms with Gasteiger partial charge in [0.05, 0.1) is 12.7 Å². The Morgan fingerprint density at radius 1 is 0.900 bits per heavy atom. The number of benzene rings is 3. The molecular formula is C25H23N3OS. The third-order valence-corrected chi connectivity index (χ3v) is 5.57. The van der Waals surface area contributed by atoms with Gasteiger partial charge >= 0.3 is 0 Å². The summed E-state index contributed by atoms with van der Waals surface area (Å²) in [7, 11) is 1.68. The molecule has 150 valence electrons. The van der Waals surface area contributed by atoms with Crippen LogP contribution >= 0.6 is 11.8 Å². The van der Waals surface area contributed by atoms with Crippen LogP contribution < -0.4 is 4.74 Å². The molecule has 0 unspecified atom stereocenters. The first-order valence-corrected chi connectivity index (χ1v) is 10.7. The maximum Gasteiger partial charge on any atom is 0.196 e. The van der Waals surface area contributed by atoms with E-state index in [9.17, 15) is 0 Å². The number of hydrogen-bond acceptors (Lipinski definition) is 4. The maximum atomic E-state index is 5.57. The normalized spacial score (nSPS) is 11.1. The lowest BCUT2D eigenvalue weighted by Crippen LogP contribution is -2.01. The highest BCUT2D eigenvalue weighted by molar-refractivity contribution is 7.99. The van der Waals surface area contributed by atoms with E-state index in [4.69, 9.17) is 4.74 Å². The summed E-state index contributed by atoms with van der Waals surface area (Å²) in [4.78, 5) is 0. The summed E-state index contributed by atoms with van der Waals surface area (Å²) < 4.78 is 7.66. The molecule has 0 saturated carbocycles. The summed E-state index contributed by atoms with van der Waals surface area (Å²) in [5.74, 6) is 2.34. The van der Waals surface area contributed by atoms with Gasteiger partial charge in [0.1, 0.15) is 5.75 Å². The zero-order valence-electron chi connectivity index (χ0n) is 17.0. The van der Waals surface area contributed by atoms with Crippen molar-refractivity contribution in [2.45, 2.75) is 12.1 Å². The molecule has 4 rings (SSSR count). The van der Waals surface area contributed by atoms with E-state index >= 15 is 0 Å². The van der Waals surface area contributed by atoms with E-state index in [-0.39, 0.29) is 0 Å². The van der Waals surface area contributed by atoms with Gasteiger partial charge in [-0.2, -0.15) is 0 Å². The number of thioether (sulfide) groups is 1. The third-order valence-electron chi connectivity index (χ3n) is 4.69. The van der Waals surface area contributed by atoms with Crippen molar-refractivity contribution in [2.24, 2.45) is 0 Å². The second-order valence-corrected chi connectivity index (χ2v) is 7.79. The Bertz CT molecular complexity index is 1130. The number of hydrogen-bond donors (Lipinski definition) is 0. The van der Waals surface area contributed by atoms with Crippen molar-refractivity contribution in [1.82, 2.24) is 14.8 Å². The first-order chi connectivity index (χ1) is 14.8. The molecule has 0 aliphatic carbocycles. The molecule has 30 heavy (non-hydrogen) atoms. The Kier molecular flexibility index (Phi) is 6.30. The van der Waals surface area contributed by atoms with Gasteiger partial charge in [-0.1, -0.05) is 84.1 Å². The van der Waals surface area contributed by atoms with Crippen LogP contribution in [0.15, 0.2) is 90.1 Å². The zero-order chi connectivity index (χ0) is 20.8. The molecule has 0 N–H and O–H groups in total. The van der Waals surface area contributed by atoms with E-state index in [0.29, 0.717) is 0 Å². The molecule has 0 saturated heterocycles. The molecule has 4 aromatic rings. The number of ether oxygens (including phenoxy) is 1. The van der Waals surface area contributed by atoms with Gasteiger partial charge in [0.25, 0.3) is 0 Å². The average molecular weight is 414 g/mol. The highest BCUT2D eigenvalue weighted by Crippen LogP contribution is 2.33. The van der Waals surface area contributed by atoms with Crippen molar-refractivity contribution in [2.75, 3.05) is 12.9 Å². The maximum absolute atomic E-state index is 5.57. The van der Waals surface area contributed by atoms with Crippen molar-refractivity contribution in [1.29, 1.82) is 0 Å². The number of aromatic nitrogens is 3. The lowest BCUT2D eigenvalue weighted by molar-refractivity contribution is 0.416. The molecule has 0 bridgehead atoms. The minimum atomic E-state index is 0.769. The summed E-state index contributed by atoms with van der Waals surface area (Å²) in [5, 5.41) is 9.86. The molecule has 0 amide bonds. The fraction of sp³-hybridized carbons (Fsp3) is 0.120. The second-order valence-electron chi connectivity index (χ2n) is 6.80. The Morgan fingerprint density at radius 2 is 1.63 bits per heavy atom. The number of rotatable bonds is 7. The molecule has 0 aliphatic rings. The van der Waals surface area contributed by atoms with Gasteiger partial charge in [-0.05, 0) is 36.8 Å². The standard InChI is InChI=1S/C25H23N3OS/c1-19-14-16-21(17-15-19)28-24(22-12-6-7-13-23(22)29-2)26-27-25(28)30-18-8-11-20-9-4-3-5-10-20/h3-17H,18H2,1-2H3/b11-8+. The zero-order valence-corrected chi connectivity index (χ0v) is 17.8. The monoisotopic (exact) mass is 413 g/mol. The van der Waals surface area contributed by atoms with Gasteiger partial charge in [-0.25, -0.2) is 0 Å². The minimum Gasteiger partial charge on any atom is -0.496 e. The summed E-state index contributed by atoms with van der Waals surface area (Å²) in [6.07, 6.45) is 4.28. The Labute approximate surface area is 181 Å². The molecule has 0 fully saturated rings. The summed E-state index contributed by atoms with van der Waals surface area (Å²) in [6, 6.07) is 26.6. The third kappa shape index (κ3) is 4.47. The molecule has 1 heterocycles. The van der Waals surface area contributed by atoms with Crippen molar-refractivity contribution < 1.29 is 4.74 Å². The number of methoxy groups -OCH3 is 1. The number of nitrogens with zero attached hydrogens (tertiary/aromatic N) is 3. The first-order valence-electron chi connectivity index (χ1n) is 9.76. The van der Waals surface area contributed by atoms with Crippen molar-refractivity contribution in [3.63, 3.8) is 0 Å². The average Bonchev–Trinajstić information content (AvgIpc) is 3.21. The van der Waals surface area contributed by atoms with E-state index in [1.165, 1.54) is 11.1 Å². The molecule has 1 aromatic heterocycles. The van der Waals surface area contributed by atoms with Crippen LogP contribution in [0.25, 0.3) is 23.2 Å². The van der Waals surface area contributed by atoms with E-state index in [0.717, 1.165) is 33.7 Å². The summed E-state index contributed by atoms with van der Waals surface area (Å²) >= 11 is 1.66. The van der Waals surface area contributed by atoms with Gasteiger partial charge in [-0.15, -0.1) is 10.2 Å². The highest BCUT2D eigenvalue weighted by atomic mass is 32.2. The quantitative estimate of drug-likeness (QED) is 0.345. The molecule has 0 spiro atoms. The fourth-order valence-corrected chi connectivity index (χ4v) is 3.93. The van der Waals surface area contributed by atoms with Gasteiger partial charge in [-0.3, -0.25) is 4.57 Å². The molecule has 0 aliphatic heterocycles. The highest BCUT2D eigenvalue weighted by Gasteiger charge is 2.18. The van der Waals surface area contributed by atoms with Crippen molar-refractivity contribution in [3.05, 3.63) is 96.1 Å². The van der Waals surface area contributed by atoms with Crippen molar-refractivity contribution >= 4 is 17.8 Å². The smallest absolute Gasteiger partial charge is 0.196 e. The van der Waals surface area contributed by atoms with Gasteiger partial charge in [0.2, 0.25) is 0 Å². The fourth-order valence-electron chi connectivity index (χ4n) is 3.16. The predicted molar refractivity (Wildman–Crippen MR) is 124 cm³/mol. The minimum absolute atomic E-state index is 0.769. The lowest BCUT2D eigenvalue weighted by atomic mass is 10.1. The predicted octanol–water partition coefficient (Wildman–Crippen LogP) is 6.06. The molecule has 3 aromatic carbocycles. The van der Waals surface area contributed by atoms with Crippen LogP contribution in [-0.4, -0.2) is 27.6 Å². The molecule has 5 heteroatoms. The Hall–Kier alpha value is -3.31. The number of para-hydroxylation sites is 1. The van der Waals surface area contributed by atoms with Gasteiger partial charge < -0.3 is 4.74 Å². The van der Waals surface area contributed by atoms with Gasteiger partial charge in [0, 0.05) is 11.4 Å².